The number of piperazine rings is 1. The van der Waals surface area contributed by atoms with Gasteiger partial charge in [0.15, 0.2) is 23.1 Å². The van der Waals surface area contributed by atoms with E-state index in [0.717, 1.165) is 55.3 Å². The van der Waals surface area contributed by atoms with Gasteiger partial charge in [-0.2, -0.15) is 10.2 Å². The van der Waals surface area contributed by atoms with Crippen LogP contribution in [0.15, 0.2) is 69.9 Å². The van der Waals surface area contributed by atoms with Crippen molar-refractivity contribution in [1.29, 1.82) is 0 Å². The Morgan fingerprint density at radius 2 is 1.64 bits per heavy atom. The van der Waals surface area contributed by atoms with Crippen molar-refractivity contribution in [2.24, 2.45) is 10.2 Å². The number of rotatable bonds is 21. The lowest BCUT2D eigenvalue weighted by Crippen LogP contribution is -2.52. The Morgan fingerprint density at radius 1 is 0.882 bits per heavy atom. The monoisotopic (exact) mass is 1040 g/mol. The first-order valence-corrected chi connectivity index (χ1v) is 26.0. The minimum Gasteiger partial charge on any atom is -0.493 e. The number of azo groups is 1. The number of nitrogens with zero attached hydrogens (tertiary/aromatic N) is 9. The van der Waals surface area contributed by atoms with Gasteiger partial charge in [-0.05, 0) is 82.3 Å². The molecule has 2 saturated heterocycles. The predicted molar refractivity (Wildman–Crippen MR) is 280 cm³/mol. The number of ketones is 2. The molecule has 3 aliphatic heterocycles. The summed E-state index contributed by atoms with van der Waals surface area (Å²) in [5.74, 6) is -0.0970. The average Bonchev–Trinajstić information content (AvgIpc) is 4.08. The van der Waals surface area contributed by atoms with Crippen LogP contribution in [0.2, 0.25) is 0 Å². The third-order valence-corrected chi connectivity index (χ3v) is 14.7. The summed E-state index contributed by atoms with van der Waals surface area (Å²) < 4.78 is 18.8. The number of piperidine rings is 1. The molecule has 2 aromatic carbocycles. The summed E-state index contributed by atoms with van der Waals surface area (Å²) in [5, 5.41) is 15.1. The first-order chi connectivity index (χ1) is 36.8. The van der Waals surface area contributed by atoms with Crippen LogP contribution in [0.5, 0.6) is 17.2 Å². The molecule has 1 aliphatic carbocycles. The zero-order valence-electron chi connectivity index (χ0n) is 43.4. The van der Waals surface area contributed by atoms with Crippen LogP contribution in [0.1, 0.15) is 121 Å². The van der Waals surface area contributed by atoms with Crippen LogP contribution in [0.4, 0.5) is 17.1 Å². The molecular weight excluding hydrogens is 975 g/mol. The van der Waals surface area contributed by atoms with Gasteiger partial charge in [0.2, 0.25) is 23.5 Å². The van der Waals surface area contributed by atoms with Crippen molar-refractivity contribution in [1.82, 2.24) is 40.0 Å². The second-order valence-electron chi connectivity index (χ2n) is 19.6. The predicted octanol–water partition coefficient (Wildman–Crippen LogP) is 6.04. The number of nitrogens with one attached hydrogen (secondary N) is 2. The Balaban J connectivity index is 0.677. The molecule has 0 spiro atoms. The third-order valence-electron chi connectivity index (χ3n) is 14.7. The summed E-state index contributed by atoms with van der Waals surface area (Å²) in [6, 6.07) is 11.5. The molecule has 21 heteroatoms. The molecule has 76 heavy (non-hydrogen) atoms. The van der Waals surface area contributed by atoms with Crippen molar-refractivity contribution >= 4 is 63.3 Å². The van der Waals surface area contributed by atoms with Gasteiger partial charge in [0, 0.05) is 92.1 Å². The van der Waals surface area contributed by atoms with E-state index in [1.807, 2.05) is 23.2 Å². The number of pyridine rings is 2. The molecule has 1 atom stereocenters. The first-order valence-electron chi connectivity index (χ1n) is 26.0. The highest BCUT2D eigenvalue weighted by atomic mass is 16.5. The number of fused-ring (bicyclic) bond motifs is 2. The quantitative estimate of drug-likeness (QED) is 0.0368. The Kier molecular flexibility index (Phi) is 16.5. The normalized spacial score (nSPS) is 16.9. The van der Waals surface area contributed by atoms with Crippen molar-refractivity contribution in [3.8, 4) is 17.2 Å². The fraction of sp³-hybridized carbons (Fsp3) is 0.455. The number of hydrogen-bond acceptors (Lipinski definition) is 17. The van der Waals surface area contributed by atoms with Gasteiger partial charge in [0.25, 0.3) is 11.5 Å². The van der Waals surface area contributed by atoms with Gasteiger partial charge in [0.05, 0.1) is 56.0 Å². The Bertz CT molecular complexity index is 3120. The SMILES string of the molecule is COc1cc(N=Nc2cccc3c2CN(C2CCC(=O)NC2=O)C3=O)cc(OC)c1OCC(=O)CCCCCNCC(=O)N1CCN(c2ccc(Cc3ncc4c(C)c(C(C)=O)c(=O)n(C5CCCC5)c4n3)nc2)CC1. The number of carbonyl (C=O) groups excluding carboxylic acids is 6. The van der Waals surface area contributed by atoms with Gasteiger partial charge in [0.1, 0.15) is 24.1 Å². The van der Waals surface area contributed by atoms with E-state index in [-0.39, 0.29) is 96.2 Å². The summed E-state index contributed by atoms with van der Waals surface area (Å²) in [4.78, 5) is 109. The lowest BCUT2D eigenvalue weighted by atomic mass is 10.0. The van der Waals surface area contributed by atoms with Crippen LogP contribution in [0, 0.1) is 6.92 Å². The number of hydrogen-bond donors (Lipinski definition) is 2. The van der Waals surface area contributed by atoms with Crippen LogP contribution in [0.3, 0.4) is 0 Å². The molecule has 4 amide bonds. The van der Waals surface area contributed by atoms with Crippen LogP contribution in [-0.2, 0) is 32.1 Å². The van der Waals surface area contributed by atoms with E-state index in [1.54, 1.807) is 48.0 Å². The molecule has 6 heterocycles. The zero-order valence-corrected chi connectivity index (χ0v) is 43.4. The van der Waals surface area contributed by atoms with E-state index in [1.165, 1.54) is 26.0 Å². The second kappa shape index (κ2) is 23.7. The van der Waals surface area contributed by atoms with Crippen LogP contribution >= 0.6 is 0 Å². The van der Waals surface area contributed by atoms with Crippen LogP contribution in [-0.4, -0.2) is 131 Å². The number of carbonyl (C=O) groups is 6. The van der Waals surface area contributed by atoms with Gasteiger partial charge in [-0.25, -0.2) is 9.97 Å². The molecule has 3 fully saturated rings. The summed E-state index contributed by atoms with van der Waals surface area (Å²) in [6.45, 7) is 6.59. The average molecular weight is 1040 g/mol. The van der Waals surface area contributed by atoms with Crippen molar-refractivity contribution in [2.45, 2.75) is 103 Å². The molecule has 2 N–H and O–H groups in total. The van der Waals surface area contributed by atoms with Crippen LogP contribution in [0.25, 0.3) is 11.0 Å². The Labute approximate surface area is 439 Å². The fourth-order valence-electron chi connectivity index (χ4n) is 10.6. The smallest absolute Gasteiger partial charge is 0.263 e. The summed E-state index contributed by atoms with van der Waals surface area (Å²) in [6.07, 6.45) is 10.7. The Morgan fingerprint density at radius 3 is 2.34 bits per heavy atom. The number of aromatic nitrogens is 4. The summed E-state index contributed by atoms with van der Waals surface area (Å²) in [5.41, 5.74) is 4.74. The zero-order chi connectivity index (χ0) is 53.5. The summed E-state index contributed by atoms with van der Waals surface area (Å²) >= 11 is 0. The number of amides is 4. The number of methoxy groups -OCH3 is 2. The van der Waals surface area contributed by atoms with Crippen molar-refractivity contribution in [3.05, 3.63) is 99.0 Å². The maximum Gasteiger partial charge on any atom is 0.263 e. The van der Waals surface area contributed by atoms with Gasteiger partial charge in [-0.1, -0.05) is 25.3 Å². The minimum absolute atomic E-state index is 0.00812. The highest BCUT2D eigenvalue weighted by molar-refractivity contribution is 6.06. The highest BCUT2D eigenvalue weighted by Gasteiger charge is 2.40. The molecule has 1 unspecified atom stereocenters. The lowest BCUT2D eigenvalue weighted by molar-refractivity contribution is -0.137. The lowest BCUT2D eigenvalue weighted by Gasteiger charge is -2.36. The van der Waals surface area contributed by atoms with E-state index >= 15 is 0 Å². The van der Waals surface area contributed by atoms with Gasteiger partial charge in [-0.3, -0.25) is 48.4 Å². The molecule has 4 aliphatic rings. The first kappa shape index (κ1) is 52.9. The topological polar surface area (TPSA) is 249 Å². The van der Waals surface area contributed by atoms with Crippen molar-refractivity contribution in [3.63, 3.8) is 0 Å². The molecule has 398 valence electrons. The van der Waals surface area contributed by atoms with E-state index in [0.29, 0.717) is 91.5 Å². The number of anilines is 1. The van der Waals surface area contributed by atoms with E-state index in [4.69, 9.17) is 24.2 Å². The highest BCUT2D eigenvalue weighted by Crippen LogP contribution is 2.42. The molecule has 0 bridgehead atoms. The number of imide groups is 1. The molecule has 1 saturated carbocycles. The third kappa shape index (κ3) is 11.6. The second-order valence-corrected chi connectivity index (χ2v) is 19.6. The van der Waals surface area contributed by atoms with Gasteiger partial charge >= 0.3 is 0 Å². The number of ether oxygens (including phenoxy) is 3. The minimum atomic E-state index is -0.753. The maximum atomic E-state index is 13.6. The largest absolute Gasteiger partial charge is 0.493 e. The molecule has 21 nitrogen and oxygen atoms in total. The van der Waals surface area contributed by atoms with Crippen LogP contribution < -0.4 is 35.3 Å². The standard InChI is InChI=1S/C55H63N11O10/c1-33-41-29-58-47(59-52(41)66(37-11-7-8-12-37)55(73)50(33)34(2)67)27-35-16-17-38(28-57-35)63-21-23-64(24-22-63)49(70)30-56-20-9-5-6-13-39(68)32-76-51-45(74-3)25-36(26-46(51)75-4)61-62-43-15-10-14-40-42(43)31-65(54(40)72)44-18-19-48(69)60-53(44)71/h10,14-17,25-26,28-29,37,44,56H,5-9,11-13,18-24,27,30-32H2,1-4H3,(H,60,69,71). The molecule has 9 rings (SSSR count). The van der Waals surface area contributed by atoms with Gasteiger partial charge < -0.3 is 34.2 Å². The Hall–Kier alpha value is -7.94. The van der Waals surface area contributed by atoms with E-state index in [9.17, 15) is 33.6 Å². The fourth-order valence-corrected chi connectivity index (χ4v) is 10.6. The number of Topliss-reactive ketones (excluding diaryl/α,β-unsaturated/α-hetero) is 2. The number of unbranched alkanes of at least 4 members (excludes halogenated alkanes) is 2. The maximum absolute atomic E-state index is 13.6. The van der Waals surface area contributed by atoms with E-state index in [2.05, 4.69) is 30.7 Å². The number of benzene rings is 2. The molecule has 0 radical (unpaired) electrons. The molecular formula is C55H63N11O10. The van der Waals surface area contributed by atoms with E-state index < -0.39 is 11.9 Å². The molecule has 3 aromatic heterocycles. The summed E-state index contributed by atoms with van der Waals surface area (Å²) in [7, 11) is 2.92. The number of aryl methyl sites for hydroxylation is 1. The van der Waals surface area contributed by atoms with Crippen molar-refractivity contribution in [2.75, 3.05) is 65.0 Å². The van der Waals surface area contributed by atoms with Crippen molar-refractivity contribution < 1.29 is 43.0 Å². The molecule has 5 aromatic rings. The van der Waals surface area contributed by atoms with Gasteiger partial charge in [-0.15, -0.1) is 0 Å².